The summed E-state index contributed by atoms with van der Waals surface area (Å²) in [6.45, 7) is 14.1. The molecular weight excluding hydrogens is 288 g/mol. The first kappa shape index (κ1) is 17.5. The summed E-state index contributed by atoms with van der Waals surface area (Å²) < 4.78 is 5.97. The van der Waals surface area contributed by atoms with Gasteiger partial charge < -0.3 is 9.64 Å². The van der Waals surface area contributed by atoms with Gasteiger partial charge in [0.05, 0.1) is 0 Å². The molecule has 23 heavy (non-hydrogen) atoms. The van der Waals surface area contributed by atoms with Crippen LogP contribution in [0.15, 0.2) is 30.9 Å². The number of piperazine rings is 1. The van der Waals surface area contributed by atoms with Crippen molar-refractivity contribution in [3.8, 4) is 5.75 Å². The number of amides is 1. The number of aryl methyl sites for hydroxylation is 2. The van der Waals surface area contributed by atoms with E-state index in [4.69, 9.17) is 4.74 Å². The Kier molecular flexibility index (Phi) is 6.22. The largest absolute Gasteiger partial charge is 0.481 e. The van der Waals surface area contributed by atoms with Gasteiger partial charge in [-0.25, -0.2) is 0 Å². The predicted octanol–water partition coefficient (Wildman–Crippen LogP) is 2.79. The zero-order chi connectivity index (χ0) is 16.8. The van der Waals surface area contributed by atoms with Gasteiger partial charge in [-0.2, -0.15) is 0 Å². The maximum atomic E-state index is 12.7. The molecule has 0 bridgehead atoms. The first-order chi connectivity index (χ1) is 11.0. The molecule has 1 aromatic rings. The van der Waals surface area contributed by atoms with Crippen LogP contribution in [-0.2, 0) is 4.79 Å². The van der Waals surface area contributed by atoms with E-state index in [2.05, 4.69) is 25.3 Å². The van der Waals surface area contributed by atoms with E-state index < -0.39 is 6.10 Å². The molecular formula is C19H28N2O2. The molecule has 1 saturated heterocycles. The maximum absolute atomic E-state index is 12.7. The Morgan fingerprint density at radius 2 is 1.96 bits per heavy atom. The van der Waals surface area contributed by atoms with Crippen LogP contribution >= 0.6 is 0 Å². The Morgan fingerprint density at radius 1 is 1.26 bits per heavy atom. The van der Waals surface area contributed by atoms with Crippen molar-refractivity contribution in [2.24, 2.45) is 0 Å². The van der Waals surface area contributed by atoms with Crippen molar-refractivity contribution in [2.75, 3.05) is 32.7 Å². The lowest BCUT2D eigenvalue weighted by Gasteiger charge is -2.35. The van der Waals surface area contributed by atoms with E-state index in [1.54, 1.807) is 0 Å². The molecule has 0 radical (unpaired) electrons. The van der Waals surface area contributed by atoms with Crippen LogP contribution in [0.1, 0.15) is 24.5 Å². The first-order valence-corrected chi connectivity index (χ1v) is 8.41. The third-order valence-corrected chi connectivity index (χ3v) is 4.47. The molecule has 1 aliphatic rings. The van der Waals surface area contributed by atoms with Gasteiger partial charge in [0.2, 0.25) is 0 Å². The Balaban J connectivity index is 1.96. The van der Waals surface area contributed by atoms with Gasteiger partial charge in [0.1, 0.15) is 5.75 Å². The van der Waals surface area contributed by atoms with Gasteiger partial charge in [-0.15, -0.1) is 6.58 Å². The molecule has 1 heterocycles. The van der Waals surface area contributed by atoms with Gasteiger partial charge in [-0.3, -0.25) is 9.69 Å². The fourth-order valence-electron chi connectivity index (χ4n) is 2.80. The van der Waals surface area contributed by atoms with Gasteiger partial charge in [-0.1, -0.05) is 19.1 Å². The monoisotopic (exact) mass is 316 g/mol. The molecule has 126 valence electrons. The maximum Gasteiger partial charge on any atom is 0.263 e. The summed E-state index contributed by atoms with van der Waals surface area (Å²) in [7, 11) is 0. The number of ether oxygens (including phenoxy) is 1. The molecule has 0 N–H and O–H groups in total. The van der Waals surface area contributed by atoms with Gasteiger partial charge in [0.15, 0.2) is 6.10 Å². The average molecular weight is 316 g/mol. The number of nitrogens with zero attached hydrogens (tertiary/aromatic N) is 2. The Morgan fingerprint density at radius 3 is 2.52 bits per heavy atom. The van der Waals surface area contributed by atoms with Crippen LogP contribution in [0.25, 0.3) is 0 Å². The van der Waals surface area contributed by atoms with Crippen LogP contribution in [0.2, 0.25) is 0 Å². The van der Waals surface area contributed by atoms with Crippen molar-refractivity contribution < 1.29 is 9.53 Å². The lowest BCUT2D eigenvalue weighted by Crippen LogP contribution is -2.52. The fraction of sp³-hybridized carbons (Fsp3) is 0.526. The zero-order valence-corrected chi connectivity index (χ0v) is 14.5. The summed E-state index contributed by atoms with van der Waals surface area (Å²) >= 11 is 0. The van der Waals surface area contributed by atoms with Crippen molar-refractivity contribution >= 4 is 5.91 Å². The average Bonchev–Trinajstić information content (AvgIpc) is 2.56. The summed E-state index contributed by atoms with van der Waals surface area (Å²) in [5, 5.41) is 0. The number of carbonyl (C=O) groups excluding carboxylic acids is 1. The highest BCUT2D eigenvalue weighted by molar-refractivity contribution is 5.81. The molecule has 1 atom stereocenters. The van der Waals surface area contributed by atoms with Crippen LogP contribution in [0, 0.1) is 13.8 Å². The number of hydrogen-bond acceptors (Lipinski definition) is 3. The van der Waals surface area contributed by atoms with Crippen molar-refractivity contribution in [3.63, 3.8) is 0 Å². The van der Waals surface area contributed by atoms with Crippen LogP contribution in [0.4, 0.5) is 0 Å². The van der Waals surface area contributed by atoms with Crippen LogP contribution in [0.5, 0.6) is 5.75 Å². The number of carbonyl (C=O) groups is 1. The van der Waals surface area contributed by atoms with Gasteiger partial charge in [0, 0.05) is 32.7 Å². The number of rotatable bonds is 6. The minimum absolute atomic E-state index is 0.101. The van der Waals surface area contributed by atoms with E-state index in [0.717, 1.165) is 38.5 Å². The minimum atomic E-state index is -0.400. The van der Waals surface area contributed by atoms with Crippen LogP contribution in [-0.4, -0.2) is 54.5 Å². The highest BCUT2D eigenvalue weighted by Gasteiger charge is 2.27. The highest BCUT2D eigenvalue weighted by Crippen LogP contribution is 2.19. The number of benzene rings is 1. The molecule has 1 amide bonds. The Labute approximate surface area is 139 Å². The van der Waals surface area contributed by atoms with E-state index in [9.17, 15) is 4.79 Å². The van der Waals surface area contributed by atoms with E-state index >= 15 is 0 Å². The second-order valence-corrected chi connectivity index (χ2v) is 6.18. The smallest absolute Gasteiger partial charge is 0.263 e. The summed E-state index contributed by atoms with van der Waals surface area (Å²) in [5.74, 6) is 0.877. The quantitative estimate of drug-likeness (QED) is 0.757. The highest BCUT2D eigenvalue weighted by atomic mass is 16.5. The van der Waals surface area contributed by atoms with Crippen molar-refractivity contribution in [2.45, 2.75) is 33.3 Å². The molecule has 0 spiro atoms. The molecule has 4 nitrogen and oxygen atoms in total. The summed E-state index contributed by atoms with van der Waals surface area (Å²) in [5.41, 5.74) is 2.41. The fourth-order valence-corrected chi connectivity index (χ4v) is 2.80. The molecule has 4 heteroatoms. The molecule has 1 fully saturated rings. The molecule has 0 aromatic heterocycles. The van der Waals surface area contributed by atoms with Crippen molar-refractivity contribution in [1.29, 1.82) is 0 Å². The van der Waals surface area contributed by atoms with Crippen molar-refractivity contribution in [1.82, 2.24) is 9.80 Å². The molecule has 1 aliphatic heterocycles. The molecule has 1 aromatic carbocycles. The van der Waals surface area contributed by atoms with Crippen molar-refractivity contribution in [3.05, 3.63) is 42.0 Å². The SMILES string of the molecule is C=CCN1CCN(C(=O)C(CC)Oc2ccc(C)c(C)c2)CC1. The topological polar surface area (TPSA) is 32.8 Å². The van der Waals surface area contributed by atoms with E-state index in [-0.39, 0.29) is 5.91 Å². The Bertz CT molecular complexity index is 548. The van der Waals surface area contributed by atoms with E-state index in [1.807, 2.05) is 36.1 Å². The number of hydrogen-bond donors (Lipinski definition) is 0. The molecule has 2 rings (SSSR count). The predicted molar refractivity (Wildman–Crippen MR) is 93.8 cm³/mol. The lowest BCUT2D eigenvalue weighted by molar-refractivity contribution is -0.140. The van der Waals surface area contributed by atoms with Gasteiger partial charge in [-0.05, 0) is 43.5 Å². The standard InChI is InChI=1S/C19H28N2O2/c1-5-9-20-10-12-21(13-11-20)19(22)18(6-2)23-17-8-7-15(3)16(4)14-17/h5,7-8,14,18H,1,6,9-13H2,2-4H3. The third kappa shape index (κ3) is 4.58. The van der Waals surface area contributed by atoms with Crippen LogP contribution in [0.3, 0.4) is 0 Å². The third-order valence-electron chi connectivity index (χ3n) is 4.47. The van der Waals surface area contributed by atoms with Crippen LogP contribution < -0.4 is 4.74 Å². The summed E-state index contributed by atoms with van der Waals surface area (Å²) in [6.07, 6.45) is 2.19. The molecule has 0 saturated carbocycles. The molecule has 1 unspecified atom stereocenters. The Hall–Kier alpha value is -1.81. The second kappa shape index (κ2) is 8.16. The van der Waals surface area contributed by atoms with E-state index in [1.165, 1.54) is 11.1 Å². The summed E-state index contributed by atoms with van der Waals surface area (Å²) in [4.78, 5) is 16.9. The first-order valence-electron chi connectivity index (χ1n) is 8.41. The van der Waals surface area contributed by atoms with Gasteiger partial charge >= 0.3 is 0 Å². The second-order valence-electron chi connectivity index (χ2n) is 6.18. The summed E-state index contributed by atoms with van der Waals surface area (Å²) in [6, 6.07) is 5.99. The van der Waals surface area contributed by atoms with Gasteiger partial charge in [0.25, 0.3) is 5.91 Å². The zero-order valence-electron chi connectivity index (χ0n) is 14.5. The normalized spacial score (nSPS) is 16.9. The minimum Gasteiger partial charge on any atom is -0.481 e. The molecule has 0 aliphatic carbocycles. The lowest BCUT2D eigenvalue weighted by atomic mass is 10.1. The van der Waals surface area contributed by atoms with E-state index in [0.29, 0.717) is 6.42 Å².